The van der Waals surface area contributed by atoms with E-state index in [1.54, 1.807) is 0 Å². The summed E-state index contributed by atoms with van der Waals surface area (Å²) in [6, 6.07) is 4.26. The van der Waals surface area contributed by atoms with Crippen LogP contribution in [0.15, 0.2) is 23.1 Å². The Kier molecular flexibility index (Phi) is 6.59. The van der Waals surface area contributed by atoms with Gasteiger partial charge in [0, 0.05) is 13.6 Å². The molecule has 0 aromatic heterocycles. The fourth-order valence-electron chi connectivity index (χ4n) is 2.77. The van der Waals surface area contributed by atoms with Crippen molar-refractivity contribution >= 4 is 15.9 Å². The van der Waals surface area contributed by atoms with Crippen LogP contribution in [0.3, 0.4) is 0 Å². The molecular formula is C16H25N3O4S. The van der Waals surface area contributed by atoms with Crippen molar-refractivity contribution in [2.45, 2.75) is 24.2 Å². The first kappa shape index (κ1) is 18.7. The number of ether oxygens (including phenoxy) is 1. The molecule has 134 valence electrons. The number of sulfonamides is 1. The van der Waals surface area contributed by atoms with Crippen LogP contribution in [-0.4, -0.2) is 59.6 Å². The molecule has 0 aliphatic carbocycles. The van der Waals surface area contributed by atoms with Gasteiger partial charge in [-0.25, -0.2) is 13.1 Å². The first-order chi connectivity index (χ1) is 11.5. The second-order valence-corrected chi connectivity index (χ2v) is 7.51. The van der Waals surface area contributed by atoms with Gasteiger partial charge in [-0.1, -0.05) is 0 Å². The van der Waals surface area contributed by atoms with Gasteiger partial charge in [-0.15, -0.1) is 0 Å². The van der Waals surface area contributed by atoms with Crippen LogP contribution in [0.5, 0.6) is 5.75 Å². The van der Waals surface area contributed by atoms with Gasteiger partial charge in [0.25, 0.3) is 5.91 Å². The van der Waals surface area contributed by atoms with E-state index in [4.69, 9.17) is 4.74 Å². The zero-order valence-electron chi connectivity index (χ0n) is 14.2. The molecule has 0 spiro atoms. The molecule has 24 heavy (non-hydrogen) atoms. The highest BCUT2D eigenvalue weighted by atomic mass is 32.2. The van der Waals surface area contributed by atoms with Crippen LogP contribution < -0.4 is 14.8 Å². The Hall–Kier alpha value is -1.64. The lowest BCUT2D eigenvalue weighted by Gasteiger charge is -2.15. The Balaban J connectivity index is 2.01. The smallest absolute Gasteiger partial charge is 0.254 e. The monoisotopic (exact) mass is 355 g/mol. The van der Waals surface area contributed by atoms with Crippen LogP contribution in [-0.2, 0) is 10.0 Å². The molecule has 2 rings (SSSR count). The number of methoxy groups -OCH3 is 1. The standard InChI is InChI=1S/C16H25N3O4S/c1-17-16(20)14-12-13(6-7-15(14)23-2)24(21,22)18-8-5-11-19-9-3-4-10-19/h6-7,12,18H,3-5,8-11H2,1-2H3,(H,17,20). The maximum atomic E-state index is 12.4. The molecule has 8 heteroatoms. The zero-order valence-corrected chi connectivity index (χ0v) is 15.0. The van der Waals surface area contributed by atoms with Gasteiger partial charge in [-0.05, 0) is 57.1 Å². The van der Waals surface area contributed by atoms with Crippen molar-refractivity contribution in [3.05, 3.63) is 23.8 Å². The van der Waals surface area contributed by atoms with Gasteiger partial charge in [0.15, 0.2) is 0 Å². The highest BCUT2D eigenvalue weighted by molar-refractivity contribution is 7.89. The van der Waals surface area contributed by atoms with Crippen LogP contribution in [0.4, 0.5) is 0 Å². The van der Waals surface area contributed by atoms with E-state index >= 15 is 0 Å². The minimum atomic E-state index is -3.65. The predicted octanol–water partition coefficient (Wildman–Crippen LogP) is 0.819. The minimum Gasteiger partial charge on any atom is -0.496 e. The lowest BCUT2D eigenvalue weighted by atomic mass is 10.2. The number of likely N-dealkylation sites (tertiary alicyclic amines) is 1. The van der Waals surface area contributed by atoms with Gasteiger partial charge in [0.2, 0.25) is 10.0 Å². The van der Waals surface area contributed by atoms with E-state index in [0.29, 0.717) is 12.3 Å². The second-order valence-electron chi connectivity index (χ2n) is 5.74. The fraction of sp³-hybridized carbons (Fsp3) is 0.562. The van der Waals surface area contributed by atoms with Gasteiger partial charge in [0.05, 0.1) is 17.6 Å². The topological polar surface area (TPSA) is 87.7 Å². The molecular weight excluding hydrogens is 330 g/mol. The third kappa shape index (κ3) is 4.68. The predicted molar refractivity (Wildman–Crippen MR) is 91.9 cm³/mol. The van der Waals surface area contributed by atoms with Crippen molar-refractivity contribution < 1.29 is 17.9 Å². The van der Waals surface area contributed by atoms with Crippen LogP contribution >= 0.6 is 0 Å². The molecule has 1 fully saturated rings. The van der Waals surface area contributed by atoms with E-state index in [0.717, 1.165) is 26.1 Å². The number of carbonyl (C=O) groups is 1. The Morgan fingerprint density at radius 2 is 2.00 bits per heavy atom. The molecule has 2 N–H and O–H groups in total. The number of hydrogen-bond acceptors (Lipinski definition) is 5. The molecule has 7 nitrogen and oxygen atoms in total. The second kappa shape index (κ2) is 8.46. The van der Waals surface area contributed by atoms with Crippen LogP contribution in [0.1, 0.15) is 29.6 Å². The normalized spacial score (nSPS) is 15.4. The fourth-order valence-corrected chi connectivity index (χ4v) is 3.87. The number of hydrogen-bond donors (Lipinski definition) is 2. The molecule has 1 aliphatic rings. The van der Waals surface area contributed by atoms with Crippen molar-refractivity contribution in [2.24, 2.45) is 0 Å². The van der Waals surface area contributed by atoms with Gasteiger partial charge in [-0.2, -0.15) is 0 Å². The van der Waals surface area contributed by atoms with E-state index in [2.05, 4.69) is 14.9 Å². The Labute approximate surface area is 143 Å². The molecule has 0 radical (unpaired) electrons. The highest BCUT2D eigenvalue weighted by Gasteiger charge is 2.19. The summed E-state index contributed by atoms with van der Waals surface area (Å²) in [6.07, 6.45) is 3.21. The Morgan fingerprint density at radius 3 is 2.62 bits per heavy atom. The number of rotatable bonds is 8. The van der Waals surface area contributed by atoms with Crippen LogP contribution in [0.2, 0.25) is 0 Å². The van der Waals surface area contributed by atoms with Gasteiger partial charge >= 0.3 is 0 Å². The molecule has 0 saturated carbocycles. The average Bonchev–Trinajstić information content (AvgIpc) is 3.10. The first-order valence-electron chi connectivity index (χ1n) is 8.10. The summed E-state index contributed by atoms with van der Waals surface area (Å²) >= 11 is 0. The third-order valence-electron chi connectivity index (χ3n) is 4.09. The summed E-state index contributed by atoms with van der Waals surface area (Å²) in [4.78, 5) is 14.3. The van der Waals surface area contributed by atoms with Crippen LogP contribution in [0, 0.1) is 0 Å². The zero-order chi connectivity index (χ0) is 17.6. The van der Waals surface area contributed by atoms with Crippen molar-refractivity contribution in [1.82, 2.24) is 14.9 Å². The number of amides is 1. The third-order valence-corrected chi connectivity index (χ3v) is 5.55. The molecule has 1 aromatic carbocycles. The van der Waals surface area contributed by atoms with E-state index in [1.807, 2.05) is 0 Å². The average molecular weight is 355 g/mol. The summed E-state index contributed by atoms with van der Waals surface area (Å²) in [7, 11) is -0.727. The molecule has 1 amide bonds. The molecule has 1 aliphatic heterocycles. The maximum Gasteiger partial charge on any atom is 0.254 e. The number of nitrogens with zero attached hydrogens (tertiary/aromatic N) is 1. The lowest BCUT2D eigenvalue weighted by Crippen LogP contribution is -2.29. The van der Waals surface area contributed by atoms with Crippen molar-refractivity contribution in [1.29, 1.82) is 0 Å². The first-order valence-corrected chi connectivity index (χ1v) is 9.58. The van der Waals surface area contributed by atoms with Crippen LogP contribution in [0.25, 0.3) is 0 Å². The highest BCUT2D eigenvalue weighted by Crippen LogP contribution is 2.22. The maximum absolute atomic E-state index is 12.4. The summed E-state index contributed by atoms with van der Waals surface area (Å²) in [6.45, 7) is 3.47. The van der Waals surface area contributed by atoms with Gasteiger partial charge in [-0.3, -0.25) is 4.79 Å². The van der Waals surface area contributed by atoms with Crippen molar-refractivity contribution in [3.8, 4) is 5.75 Å². The van der Waals surface area contributed by atoms with E-state index in [9.17, 15) is 13.2 Å². The number of benzene rings is 1. The SMILES string of the molecule is CNC(=O)c1cc(S(=O)(=O)NCCCN2CCCC2)ccc1OC. The van der Waals surface area contributed by atoms with E-state index in [-0.39, 0.29) is 10.5 Å². The summed E-state index contributed by atoms with van der Waals surface area (Å²) in [5.41, 5.74) is 0.194. The van der Waals surface area contributed by atoms with Crippen molar-refractivity contribution in [2.75, 3.05) is 40.3 Å². The largest absolute Gasteiger partial charge is 0.496 e. The molecule has 1 heterocycles. The molecule has 1 aromatic rings. The Bertz CT molecular complexity index is 670. The minimum absolute atomic E-state index is 0.0584. The molecule has 1 saturated heterocycles. The summed E-state index contributed by atoms with van der Waals surface area (Å²) in [5.74, 6) is -0.0553. The Morgan fingerprint density at radius 1 is 1.29 bits per heavy atom. The van der Waals surface area contributed by atoms with Crippen molar-refractivity contribution in [3.63, 3.8) is 0 Å². The van der Waals surface area contributed by atoms with E-state index in [1.165, 1.54) is 45.2 Å². The molecule has 0 atom stereocenters. The summed E-state index contributed by atoms with van der Waals surface area (Å²) < 4.78 is 32.5. The lowest BCUT2D eigenvalue weighted by molar-refractivity contribution is 0.0960. The summed E-state index contributed by atoms with van der Waals surface area (Å²) in [5, 5.41) is 2.48. The quantitative estimate of drug-likeness (QED) is 0.674. The van der Waals surface area contributed by atoms with Gasteiger partial charge in [0.1, 0.15) is 5.75 Å². The molecule has 0 bridgehead atoms. The van der Waals surface area contributed by atoms with Gasteiger partial charge < -0.3 is 15.0 Å². The number of nitrogens with one attached hydrogen (secondary N) is 2. The van der Waals surface area contributed by atoms with E-state index < -0.39 is 15.9 Å². The number of carbonyl (C=O) groups excluding carboxylic acids is 1. The molecule has 0 unspecified atom stereocenters.